The second kappa shape index (κ2) is 7.90. The topological polar surface area (TPSA) is 17.1 Å². The first-order chi connectivity index (χ1) is 8.31. The fraction of sp³-hybridized carbons (Fsp3) is 0.500. The normalized spacial score (nSPS) is 10.6. The molecule has 0 aliphatic carbocycles. The summed E-state index contributed by atoms with van der Waals surface area (Å²) in [5.74, 6) is 0.0369. The van der Waals surface area contributed by atoms with Crippen molar-refractivity contribution in [3.8, 4) is 0 Å². The van der Waals surface area contributed by atoms with E-state index in [1.165, 1.54) is 25.5 Å². The van der Waals surface area contributed by atoms with Crippen molar-refractivity contribution in [1.29, 1.82) is 0 Å². The van der Waals surface area contributed by atoms with E-state index in [9.17, 15) is 18.0 Å². The summed E-state index contributed by atoms with van der Waals surface area (Å²) in [6.45, 7) is 5.71. The molecule has 0 fully saturated rings. The number of ketones is 1. The molecule has 0 radical (unpaired) electrons. The first kappa shape index (κ1) is 16.7. The molecule has 0 aliphatic rings. The van der Waals surface area contributed by atoms with Crippen LogP contribution in [-0.2, 0) is 17.4 Å². The van der Waals surface area contributed by atoms with Crippen LogP contribution in [0.25, 0.3) is 0 Å². The van der Waals surface area contributed by atoms with Gasteiger partial charge in [-0.15, -0.1) is 0 Å². The van der Waals surface area contributed by atoms with Gasteiger partial charge in [-0.05, 0) is 31.0 Å². The molecule has 4 heteroatoms. The Bertz CT molecular complexity index is 352. The van der Waals surface area contributed by atoms with Crippen molar-refractivity contribution in [3.63, 3.8) is 0 Å². The highest BCUT2D eigenvalue weighted by Crippen LogP contribution is 2.29. The Morgan fingerprint density at radius 2 is 1.56 bits per heavy atom. The zero-order valence-corrected chi connectivity index (χ0v) is 11.0. The van der Waals surface area contributed by atoms with Gasteiger partial charge in [-0.3, -0.25) is 0 Å². The number of hydrogen-bond donors (Lipinski definition) is 0. The molecule has 0 unspecified atom stereocenters. The molecule has 0 amide bonds. The smallest absolute Gasteiger partial charge is 0.300 e. The highest BCUT2D eigenvalue weighted by atomic mass is 19.4. The van der Waals surface area contributed by atoms with Gasteiger partial charge in [-0.1, -0.05) is 32.4 Å². The standard InChI is InChI=1S/C11H11F3O.C3H8/c1-8(15)2-3-9-4-6-10(7-5-9)11(12,13)14;1-3-2/h4-7H,2-3H2,1H3;3H2,1-2H3. The number of carbonyl (C=O) groups excluding carboxylic acids is 1. The zero-order chi connectivity index (χ0) is 14.2. The van der Waals surface area contributed by atoms with Gasteiger partial charge in [0.1, 0.15) is 5.78 Å². The van der Waals surface area contributed by atoms with E-state index < -0.39 is 11.7 Å². The van der Waals surface area contributed by atoms with Crippen molar-refractivity contribution in [1.82, 2.24) is 0 Å². The molecular formula is C14H19F3O. The predicted octanol–water partition coefficient (Wildman–Crippen LogP) is 4.64. The molecular weight excluding hydrogens is 241 g/mol. The van der Waals surface area contributed by atoms with Crippen molar-refractivity contribution in [2.24, 2.45) is 0 Å². The first-order valence-electron chi connectivity index (χ1n) is 5.96. The molecule has 0 saturated carbocycles. The van der Waals surface area contributed by atoms with Crippen LogP contribution < -0.4 is 0 Å². The molecule has 102 valence electrons. The Labute approximate surface area is 106 Å². The monoisotopic (exact) mass is 260 g/mol. The minimum atomic E-state index is -4.29. The zero-order valence-electron chi connectivity index (χ0n) is 11.0. The number of benzene rings is 1. The molecule has 0 aliphatic heterocycles. The van der Waals surface area contributed by atoms with E-state index in [1.54, 1.807) is 0 Å². The summed E-state index contributed by atoms with van der Waals surface area (Å²) < 4.78 is 36.5. The Morgan fingerprint density at radius 1 is 1.11 bits per heavy atom. The van der Waals surface area contributed by atoms with E-state index in [2.05, 4.69) is 13.8 Å². The van der Waals surface area contributed by atoms with Crippen molar-refractivity contribution < 1.29 is 18.0 Å². The second-order valence-electron chi connectivity index (χ2n) is 4.10. The molecule has 0 aromatic heterocycles. The van der Waals surface area contributed by atoms with Gasteiger partial charge in [0.2, 0.25) is 0 Å². The Morgan fingerprint density at radius 3 is 1.89 bits per heavy atom. The Kier molecular flexibility index (Phi) is 7.32. The minimum Gasteiger partial charge on any atom is -0.300 e. The Hall–Kier alpha value is -1.32. The molecule has 1 aromatic rings. The molecule has 0 atom stereocenters. The van der Waals surface area contributed by atoms with Gasteiger partial charge in [0.05, 0.1) is 5.56 Å². The van der Waals surface area contributed by atoms with E-state index >= 15 is 0 Å². The molecule has 1 aromatic carbocycles. The van der Waals surface area contributed by atoms with E-state index in [0.717, 1.165) is 17.7 Å². The van der Waals surface area contributed by atoms with Gasteiger partial charge in [-0.25, -0.2) is 0 Å². The van der Waals surface area contributed by atoms with E-state index in [0.29, 0.717) is 12.8 Å². The number of aryl methyl sites for hydroxylation is 1. The van der Waals surface area contributed by atoms with Crippen LogP contribution in [0, 0.1) is 0 Å². The van der Waals surface area contributed by atoms with Crippen LogP contribution >= 0.6 is 0 Å². The quantitative estimate of drug-likeness (QED) is 0.773. The van der Waals surface area contributed by atoms with Crippen LogP contribution in [0.3, 0.4) is 0 Å². The summed E-state index contributed by atoms with van der Waals surface area (Å²) in [6.07, 6.45) is -2.18. The molecule has 1 rings (SSSR count). The van der Waals surface area contributed by atoms with Gasteiger partial charge in [0, 0.05) is 6.42 Å². The summed E-state index contributed by atoms with van der Waals surface area (Å²) >= 11 is 0. The maximum atomic E-state index is 12.2. The van der Waals surface area contributed by atoms with Gasteiger partial charge in [0.15, 0.2) is 0 Å². The maximum Gasteiger partial charge on any atom is 0.416 e. The molecule has 1 nitrogen and oxygen atoms in total. The average Bonchev–Trinajstić information content (AvgIpc) is 2.27. The van der Waals surface area contributed by atoms with Gasteiger partial charge < -0.3 is 4.79 Å². The van der Waals surface area contributed by atoms with Crippen molar-refractivity contribution >= 4 is 5.78 Å². The number of carbonyl (C=O) groups is 1. The Balaban J connectivity index is 0.000000873. The van der Waals surface area contributed by atoms with Crippen LogP contribution in [0.1, 0.15) is 44.7 Å². The number of rotatable bonds is 3. The summed E-state index contributed by atoms with van der Waals surface area (Å²) in [4.78, 5) is 10.7. The minimum absolute atomic E-state index is 0.0369. The van der Waals surface area contributed by atoms with Crippen molar-refractivity contribution in [2.75, 3.05) is 0 Å². The lowest BCUT2D eigenvalue weighted by atomic mass is 10.1. The number of Topliss-reactive ketones (excluding diaryl/α,β-unsaturated/α-hetero) is 1. The van der Waals surface area contributed by atoms with Crippen LogP contribution in [0.5, 0.6) is 0 Å². The lowest BCUT2D eigenvalue weighted by Gasteiger charge is -2.06. The fourth-order valence-corrected chi connectivity index (χ4v) is 1.18. The fourth-order valence-electron chi connectivity index (χ4n) is 1.18. The van der Waals surface area contributed by atoms with E-state index in [4.69, 9.17) is 0 Å². The summed E-state index contributed by atoms with van der Waals surface area (Å²) in [5.41, 5.74) is 0.0901. The van der Waals surface area contributed by atoms with Crippen LogP contribution in [0.2, 0.25) is 0 Å². The average molecular weight is 260 g/mol. The van der Waals surface area contributed by atoms with Crippen molar-refractivity contribution in [2.45, 2.75) is 46.2 Å². The molecule has 18 heavy (non-hydrogen) atoms. The lowest BCUT2D eigenvalue weighted by Crippen LogP contribution is -2.04. The highest BCUT2D eigenvalue weighted by molar-refractivity contribution is 5.75. The number of alkyl halides is 3. The highest BCUT2D eigenvalue weighted by Gasteiger charge is 2.29. The number of halogens is 3. The predicted molar refractivity (Wildman–Crippen MR) is 66.4 cm³/mol. The third kappa shape index (κ3) is 7.09. The van der Waals surface area contributed by atoms with Gasteiger partial charge in [-0.2, -0.15) is 13.2 Å². The summed E-state index contributed by atoms with van der Waals surface area (Å²) in [5, 5.41) is 0. The van der Waals surface area contributed by atoms with E-state index in [1.807, 2.05) is 0 Å². The van der Waals surface area contributed by atoms with Crippen LogP contribution in [0.15, 0.2) is 24.3 Å². The molecule has 0 N–H and O–H groups in total. The molecule has 0 heterocycles. The van der Waals surface area contributed by atoms with Crippen molar-refractivity contribution in [3.05, 3.63) is 35.4 Å². The van der Waals surface area contributed by atoms with Crippen LogP contribution in [0.4, 0.5) is 13.2 Å². The summed E-state index contributed by atoms with van der Waals surface area (Å²) in [7, 11) is 0. The largest absolute Gasteiger partial charge is 0.416 e. The third-order valence-electron chi connectivity index (χ3n) is 2.05. The maximum absolute atomic E-state index is 12.2. The SMILES string of the molecule is CC(=O)CCc1ccc(C(F)(F)F)cc1.CCC. The second-order valence-corrected chi connectivity index (χ2v) is 4.10. The number of hydrogen-bond acceptors (Lipinski definition) is 1. The van der Waals surface area contributed by atoms with Crippen LogP contribution in [-0.4, -0.2) is 5.78 Å². The van der Waals surface area contributed by atoms with Gasteiger partial charge >= 0.3 is 6.18 Å². The van der Waals surface area contributed by atoms with E-state index in [-0.39, 0.29) is 5.78 Å². The molecule has 0 saturated heterocycles. The third-order valence-corrected chi connectivity index (χ3v) is 2.05. The lowest BCUT2D eigenvalue weighted by molar-refractivity contribution is -0.137. The first-order valence-corrected chi connectivity index (χ1v) is 5.96. The molecule has 0 spiro atoms. The summed E-state index contributed by atoms with van der Waals surface area (Å²) in [6, 6.07) is 4.89. The molecule has 0 bridgehead atoms. The van der Waals surface area contributed by atoms with Gasteiger partial charge in [0.25, 0.3) is 0 Å².